The topological polar surface area (TPSA) is 74.6 Å². The minimum absolute atomic E-state index is 0.103. The number of carbonyl (C=O) groups excluding carboxylic acids is 1. The third kappa shape index (κ3) is 3.79. The number of amides is 1. The fraction of sp³-hybridized carbons (Fsp3) is 0.300. The molecule has 146 valence electrons. The van der Waals surface area contributed by atoms with E-state index in [-0.39, 0.29) is 18.0 Å². The first-order chi connectivity index (χ1) is 13.7. The number of hydrogen-bond acceptors (Lipinski definition) is 6. The lowest BCUT2D eigenvalue weighted by atomic mass is 10.2. The zero-order chi connectivity index (χ0) is 19.5. The molecule has 1 unspecified atom stereocenters. The lowest BCUT2D eigenvalue weighted by Gasteiger charge is -2.13. The van der Waals surface area contributed by atoms with Gasteiger partial charge >= 0.3 is 0 Å². The fourth-order valence-electron chi connectivity index (χ4n) is 2.97. The Kier molecular flexibility index (Phi) is 5.40. The summed E-state index contributed by atoms with van der Waals surface area (Å²) in [6, 6.07) is 13.3. The van der Waals surface area contributed by atoms with Crippen molar-refractivity contribution in [2.45, 2.75) is 23.9 Å². The molecule has 1 aliphatic heterocycles. The lowest BCUT2D eigenvalue weighted by molar-refractivity contribution is -0.115. The van der Waals surface area contributed by atoms with E-state index in [0.29, 0.717) is 30.3 Å². The highest BCUT2D eigenvalue weighted by molar-refractivity contribution is 8.00. The van der Waals surface area contributed by atoms with Crippen molar-refractivity contribution in [2.24, 2.45) is 0 Å². The summed E-state index contributed by atoms with van der Waals surface area (Å²) in [5, 5.41) is 3.40. The molecule has 2 heterocycles. The van der Waals surface area contributed by atoms with Gasteiger partial charge in [0.15, 0.2) is 16.7 Å². The minimum Gasteiger partial charge on any atom is -0.454 e. The van der Waals surface area contributed by atoms with Gasteiger partial charge in [-0.25, -0.2) is 4.98 Å². The number of aromatic nitrogens is 2. The monoisotopic (exact) mass is 399 g/mol. The zero-order valence-corrected chi connectivity index (χ0v) is 16.5. The molecule has 8 heteroatoms. The molecule has 0 spiro atoms. The van der Waals surface area contributed by atoms with Crippen LogP contribution in [-0.4, -0.2) is 41.2 Å². The highest BCUT2D eigenvalue weighted by Gasteiger charge is 2.21. The number of carbonyl (C=O) groups is 1. The predicted octanol–water partition coefficient (Wildman–Crippen LogP) is 3.53. The number of hydrogen-bond donors (Lipinski definition) is 1. The number of methoxy groups -OCH3 is 1. The van der Waals surface area contributed by atoms with Crippen molar-refractivity contribution in [1.29, 1.82) is 0 Å². The molecule has 28 heavy (non-hydrogen) atoms. The maximum Gasteiger partial charge on any atom is 0.237 e. The number of imidazole rings is 1. The number of para-hydroxylation sites is 2. The van der Waals surface area contributed by atoms with E-state index in [4.69, 9.17) is 19.2 Å². The first-order valence-corrected chi connectivity index (χ1v) is 9.85. The highest BCUT2D eigenvalue weighted by Crippen LogP contribution is 2.34. The maximum absolute atomic E-state index is 12.7. The second-order valence-electron chi connectivity index (χ2n) is 6.34. The van der Waals surface area contributed by atoms with Gasteiger partial charge in [0.25, 0.3) is 0 Å². The number of ether oxygens (including phenoxy) is 3. The number of fused-ring (bicyclic) bond motifs is 2. The summed E-state index contributed by atoms with van der Waals surface area (Å²) in [6.07, 6.45) is 0. The summed E-state index contributed by atoms with van der Waals surface area (Å²) >= 11 is 1.43. The number of rotatable bonds is 7. The number of benzene rings is 2. The molecular formula is C20H21N3O4S. The van der Waals surface area contributed by atoms with Gasteiger partial charge in [-0.3, -0.25) is 4.79 Å². The largest absolute Gasteiger partial charge is 0.454 e. The van der Waals surface area contributed by atoms with Crippen LogP contribution in [0.4, 0.5) is 5.69 Å². The minimum atomic E-state index is -0.330. The smallest absolute Gasteiger partial charge is 0.237 e. The van der Waals surface area contributed by atoms with Gasteiger partial charge in [0.2, 0.25) is 12.7 Å². The van der Waals surface area contributed by atoms with E-state index in [0.717, 1.165) is 16.2 Å². The third-order valence-electron chi connectivity index (χ3n) is 4.43. The van der Waals surface area contributed by atoms with E-state index in [2.05, 4.69) is 9.88 Å². The van der Waals surface area contributed by atoms with Gasteiger partial charge in [-0.15, -0.1) is 0 Å². The van der Waals surface area contributed by atoms with Gasteiger partial charge in [0.05, 0.1) is 22.9 Å². The second kappa shape index (κ2) is 8.12. The molecule has 2 aromatic carbocycles. The molecule has 0 bridgehead atoms. The number of nitrogens with zero attached hydrogens (tertiary/aromatic N) is 2. The van der Waals surface area contributed by atoms with Crippen molar-refractivity contribution in [3.05, 3.63) is 42.5 Å². The first kappa shape index (κ1) is 18.6. The molecule has 0 aliphatic carbocycles. The average molecular weight is 399 g/mol. The Bertz CT molecular complexity index is 1000. The third-order valence-corrected chi connectivity index (χ3v) is 5.52. The molecule has 0 radical (unpaired) electrons. The number of nitrogens with one attached hydrogen (secondary N) is 1. The summed E-state index contributed by atoms with van der Waals surface area (Å²) in [7, 11) is 1.67. The van der Waals surface area contributed by atoms with Crippen molar-refractivity contribution in [3.8, 4) is 11.5 Å². The maximum atomic E-state index is 12.7. The molecule has 7 nitrogen and oxygen atoms in total. The van der Waals surface area contributed by atoms with E-state index >= 15 is 0 Å². The molecule has 3 aromatic rings. The standard InChI is InChI=1S/C20H21N3O4S/c1-13(19(24)21-14-7-8-17-18(11-14)27-12-26-17)28-20-22-15-5-3-4-6-16(15)23(20)9-10-25-2/h3-8,11,13H,9-10,12H2,1-2H3,(H,21,24). The summed E-state index contributed by atoms with van der Waals surface area (Å²) in [4.78, 5) is 17.4. The quantitative estimate of drug-likeness (QED) is 0.613. The van der Waals surface area contributed by atoms with Gasteiger partial charge in [-0.2, -0.15) is 0 Å². The molecule has 1 atom stereocenters. The van der Waals surface area contributed by atoms with Crippen LogP contribution < -0.4 is 14.8 Å². The van der Waals surface area contributed by atoms with E-state index in [1.165, 1.54) is 11.8 Å². The van der Waals surface area contributed by atoms with Gasteiger partial charge in [0, 0.05) is 25.4 Å². The molecule has 0 fully saturated rings. The fourth-order valence-corrected chi connectivity index (χ4v) is 3.92. The lowest BCUT2D eigenvalue weighted by Crippen LogP contribution is -2.23. The SMILES string of the molecule is COCCn1c(SC(C)C(=O)Nc2ccc3c(c2)OCO3)nc2ccccc21. The van der Waals surface area contributed by atoms with Crippen molar-refractivity contribution >= 4 is 34.4 Å². The van der Waals surface area contributed by atoms with Crippen LogP contribution in [0.3, 0.4) is 0 Å². The Labute approximate surface area is 167 Å². The normalized spacial score (nSPS) is 13.6. The van der Waals surface area contributed by atoms with Crippen LogP contribution in [0.5, 0.6) is 11.5 Å². The van der Waals surface area contributed by atoms with Crippen LogP contribution in [0, 0.1) is 0 Å². The molecule has 1 amide bonds. The molecule has 1 N–H and O–H groups in total. The van der Waals surface area contributed by atoms with Crippen LogP contribution in [0.2, 0.25) is 0 Å². The highest BCUT2D eigenvalue weighted by atomic mass is 32.2. The molecule has 0 saturated heterocycles. The van der Waals surface area contributed by atoms with E-state index in [1.54, 1.807) is 25.3 Å². The molecule has 1 aromatic heterocycles. The predicted molar refractivity (Wildman–Crippen MR) is 108 cm³/mol. The van der Waals surface area contributed by atoms with Crippen LogP contribution in [0.15, 0.2) is 47.6 Å². The number of anilines is 1. The summed E-state index contributed by atoms with van der Waals surface area (Å²) in [6.45, 7) is 3.32. The zero-order valence-electron chi connectivity index (χ0n) is 15.7. The Hall–Kier alpha value is -2.71. The van der Waals surface area contributed by atoms with Crippen molar-refractivity contribution in [2.75, 3.05) is 25.8 Å². The summed E-state index contributed by atoms with van der Waals surface area (Å²) in [5.41, 5.74) is 2.62. The Morgan fingerprint density at radius 3 is 2.96 bits per heavy atom. The molecular weight excluding hydrogens is 378 g/mol. The van der Waals surface area contributed by atoms with Crippen molar-refractivity contribution < 1.29 is 19.0 Å². The number of thioether (sulfide) groups is 1. The van der Waals surface area contributed by atoms with Gasteiger partial charge < -0.3 is 24.1 Å². The average Bonchev–Trinajstić information content (AvgIpc) is 3.30. The Morgan fingerprint density at radius 2 is 2.11 bits per heavy atom. The van der Waals surface area contributed by atoms with Crippen LogP contribution >= 0.6 is 11.8 Å². The van der Waals surface area contributed by atoms with Crippen molar-refractivity contribution in [1.82, 2.24) is 9.55 Å². The van der Waals surface area contributed by atoms with Gasteiger partial charge in [-0.1, -0.05) is 23.9 Å². The van der Waals surface area contributed by atoms with E-state index in [9.17, 15) is 4.79 Å². The van der Waals surface area contributed by atoms with Crippen molar-refractivity contribution in [3.63, 3.8) is 0 Å². The second-order valence-corrected chi connectivity index (χ2v) is 7.65. The Balaban J connectivity index is 1.49. The van der Waals surface area contributed by atoms with E-state index in [1.807, 2.05) is 31.2 Å². The molecule has 4 rings (SSSR count). The van der Waals surface area contributed by atoms with Gasteiger partial charge in [0.1, 0.15) is 0 Å². The Morgan fingerprint density at radius 1 is 1.29 bits per heavy atom. The summed E-state index contributed by atoms with van der Waals surface area (Å²) < 4.78 is 18.0. The van der Waals surface area contributed by atoms with Gasteiger partial charge in [-0.05, 0) is 31.2 Å². The molecule has 0 saturated carbocycles. The van der Waals surface area contributed by atoms with E-state index < -0.39 is 0 Å². The summed E-state index contributed by atoms with van der Waals surface area (Å²) in [5.74, 6) is 1.22. The first-order valence-electron chi connectivity index (χ1n) is 8.97. The van der Waals surface area contributed by atoms with Crippen LogP contribution in [0.1, 0.15) is 6.92 Å². The van der Waals surface area contributed by atoms with Crippen LogP contribution in [0.25, 0.3) is 11.0 Å². The van der Waals surface area contributed by atoms with Crippen LogP contribution in [-0.2, 0) is 16.1 Å². The molecule has 1 aliphatic rings.